The third kappa shape index (κ3) is 5.49. The smallest absolute Gasteiger partial charge is 0.326 e. The maximum absolute atomic E-state index is 13.1. The number of carbonyl (C=O) groups is 3. The maximum Gasteiger partial charge on any atom is 0.326 e. The molecule has 4 aromatic rings. The van der Waals surface area contributed by atoms with Crippen LogP contribution < -0.4 is 15.4 Å². The first-order valence-electron chi connectivity index (χ1n) is 11.1. The summed E-state index contributed by atoms with van der Waals surface area (Å²) in [4.78, 5) is 41.7. The van der Waals surface area contributed by atoms with Gasteiger partial charge in [-0.1, -0.05) is 36.0 Å². The number of nitrogens with one attached hydrogen (secondary N) is 2. The number of carboxylic acids is 1. The summed E-state index contributed by atoms with van der Waals surface area (Å²) in [6, 6.07) is 15.9. The zero-order valence-corrected chi connectivity index (χ0v) is 20.3. The number of carboxylic acid groups (broad SMARTS) is 1. The quantitative estimate of drug-likeness (QED) is 0.317. The predicted molar refractivity (Wildman–Crippen MR) is 137 cm³/mol. The molecule has 1 aromatic heterocycles. The van der Waals surface area contributed by atoms with Crippen LogP contribution in [0.5, 0.6) is 0 Å². The molecule has 3 amide bonds. The van der Waals surface area contributed by atoms with E-state index in [0.717, 1.165) is 16.9 Å². The second-order valence-electron chi connectivity index (χ2n) is 8.07. The number of urea groups is 1. The monoisotopic (exact) mass is 506 g/mol. The normalized spacial score (nSPS) is 12.4. The number of aryl methyl sites for hydroxylation is 1. The van der Waals surface area contributed by atoms with E-state index in [-0.39, 0.29) is 11.2 Å². The fraction of sp³-hybridized carbons (Fsp3) is 0.154. The summed E-state index contributed by atoms with van der Waals surface area (Å²) in [5.74, 6) is -1.93. The Morgan fingerprint density at radius 2 is 1.64 bits per heavy atom. The van der Waals surface area contributed by atoms with Crippen molar-refractivity contribution in [1.82, 2.24) is 4.57 Å². The summed E-state index contributed by atoms with van der Waals surface area (Å²) in [5.41, 5.74) is 2.85. The number of thiazole rings is 1. The zero-order chi connectivity index (χ0) is 25.8. The van der Waals surface area contributed by atoms with Crippen molar-refractivity contribution in [2.75, 3.05) is 10.6 Å². The van der Waals surface area contributed by atoms with Crippen LogP contribution in [0.15, 0.2) is 71.7 Å². The van der Waals surface area contributed by atoms with Gasteiger partial charge in [-0.05, 0) is 67.9 Å². The van der Waals surface area contributed by atoms with Gasteiger partial charge in [0, 0.05) is 16.9 Å². The average Bonchev–Trinajstić information content (AvgIpc) is 3.18. The van der Waals surface area contributed by atoms with Crippen LogP contribution in [0, 0.1) is 12.7 Å². The lowest BCUT2D eigenvalue weighted by Crippen LogP contribution is -2.27. The molecule has 36 heavy (non-hydrogen) atoms. The van der Waals surface area contributed by atoms with Crippen molar-refractivity contribution in [3.8, 4) is 0 Å². The minimum atomic E-state index is -1.04. The number of nitrogens with zero attached hydrogens (tertiary/aromatic N) is 2. The molecule has 0 aliphatic heterocycles. The van der Waals surface area contributed by atoms with Gasteiger partial charge in [0.1, 0.15) is 11.9 Å². The molecule has 0 aliphatic carbocycles. The average molecular weight is 507 g/mol. The number of rotatable bonds is 6. The number of benzene rings is 3. The van der Waals surface area contributed by atoms with Gasteiger partial charge < -0.3 is 20.3 Å². The number of hydrogen-bond acceptors (Lipinski definition) is 4. The molecule has 3 N–H and O–H groups in total. The third-order valence-corrected chi connectivity index (χ3v) is 6.48. The molecule has 1 unspecified atom stereocenters. The largest absolute Gasteiger partial charge is 0.480 e. The van der Waals surface area contributed by atoms with E-state index in [1.54, 1.807) is 37.3 Å². The van der Waals surface area contributed by atoms with Gasteiger partial charge in [0.2, 0.25) is 0 Å². The lowest BCUT2D eigenvalue weighted by Gasteiger charge is -2.13. The Balaban J connectivity index is 1.70. The fourth-order valence-electron chi connectivity index (χ4n) is 3.64. The highest BCUT2D eigenvalue weighted by Gasteiger charge is 2.22. The molecule has 0 saturated carbocycles. The Hall–Kier alpha value is -4.31. The van der Waals surface area contributed by atoms with E-state index < -0.39 is 29.8 Å². The van der Waals surface area contributed by atoms with Gasteiger partial charge in [0.15, 0.2) is 4.80 Å². The third-order valence-electron chi connectivity index (χ3n) is 5.47. The van der Waals surface area contributed by atoms with Gasteiger partial charge in [-0.25, -0.2) is 14.0 Å². The van der Waals surface area contributed by atoms with Crippen molar-refractivity contribution in [3.63, 3.8) is 0 Å². The van der Waals surface area contributed by atoms with Gasteiger partial charge in [0.25, 0.3) is 5.91 Å². The number of anilines is 2. The number of fused-ring (bicyclic) bond motifs is 1. The van der Waals surface area contributed by atoms with Crippen LogP contribution in [0.25, 0.3) is 10.2 Å². The van der Waals surface area contributed by atoms with Crippen molar-refractivity contribution in [3.05, 3.63) is 88.5 Å². The lowest BCUT2D eigenvalue weighted by atomic mass is 10.1. The predicted octanol–water partition coefficient (Wildman–Crippen LogP) is 5.57. The lowest BCUT2D eigenvalue weighted by molar-refractivity contribution is -0.140. The van der Waals surface area contributed by atoms with Crippen LogP contribution in [0.4, 0.5) is 20.6 Å². The number of halogens is 1. The summed E-state index contributed by atoms with van der Waals surface area (Å²) in [6.45, 7) is 3.66. The SMILES string of the molecule is CCC(C(=O)O)n1/c(=N/C(=O)c2ccc(C)cc2)sc2cc(NC(=O)Nc3ccc(F)cc3)ccc21. The van der Waals surface area contributed by atoms with Crippen molar-refractivity contribution in [1.29, 1.82) is 0 Å². The molecule has 4 rings (SSSR count). The van der Waals surface area contributed by atoms with Crippen LogP contribution in [0.1, 0.15) is 35.3 Å². The summed E-state index contributed by atoms with van der Waals surface area (Å²) in [5, 5.41) is 15.1. The van der Waals surface area contributed by atoms with E-state index in [1.807, 2.05) is 19.1 Å². The number of carbonyl (C=O) groups excluding carboxylic acids is 2. The summed E-state index contributed by atoms with van der Waals surface area (Å²) < 4.78 is 15.3. The first-order chi connectivity index (χ1) is 17.2. The van der Waals surface area contributed by atoms with Gasteiger partial charge in [-0.15, -0.1) is 0 Å². The van der Waals surface area contributed by atoms with Crippen LogP contribution in [-0.2, 0) is 4.79 Å². The van der Waals surface area contributed by atoms with Gasteiger partial charge in [0.05, 0.1) is 10.2 Å². The zero-order valence-electron chi connectivity index (χ0n) is 19.5. The Morgan fingerprint density at radius 1 is 1.00 bits per heavy atom. The van der Waals surface area contributed by atoms with E-state index in [1.165, 1.54) is 28.8 Å². The molecule has 8 nitrogen and oxygen atoms in total. The van der Waals surface area contributed by atoms with E-state index in [4.69, 9.17) is 0 Å². The molecule has 0 saturated heterocycles. The second kappa shape index (κ2) is 10.5. The molecule has 10 heteroatoms. The van der Waals surface area contributed by atoms with E-state index in [9.17, 15) is 23.9 Å². The van der Waals surface area contributed by atoms with Crippen LogP contribution >= 0.6 is 11.3 Å². The summed E-state index contributed by atoms with van der Waals surface area (Å²) in [7, 11) is 0. The molecular formula is C26H23FN4O4S. The molecule has 3 aromatic carbocycles. The minimum absolute atomic E-state index is 0.248. The van der Waals surface area contributed by atoms with Crippen molar-refractivity contribution in [2.45, 2.75) is 26.3 Å². The second-order valence-corrected chi connectivity index (χ2v) is 9.08. The minimum Gasteiger partial charge on any atom is -0.480 e. The number of aliphatic carboxylic acids is 1. The first kappa shape index (κ1) is 24.8. The van der Waals surface area contributed by atoms with Crippen molar-refractivity contribution in [2.24, 2.45) is 4.99 Å². The van der Waals surface area contributed by atoms with Gasteiger partial charge in [-0.3, -0.25) is 4.79 Å². The first-order valence-corrected chi connectivity index (χ1v) is 11.9. The van der Waals surface area contributed by atoms with Gasteiger partial charge >= 0.3 is 12.0 Å². The number of hydrogen-bond donors (Lipinski definition) is 3. The Kier molecular flexibility index (Phi) is 7.25. The van der Waals surface area contributed by atoms with Crippen LogP contribution in [0.2, 0.25) is 0 Å². The summed E-state index contributed by atoms with van der Waals surface area (Å²) in [6.07, 6.45) is 0.285. The molecule has 0 fully saturated rings. The Labute approximate surface area is 209 Å². The van der Waals surface area contributed by atoms with Gasteiger partial charge in [-0.2, -0.15) is 4.99 Å². The number of aromatic nitrogens is 1. The van der Waals surface area contributed by atoms with E-state index in [0.29, 0.717) is 27.2 Å². The van der Waals surface area contributed by atoms with E-state index in [2.05, 4.69) is 15.6 Å². The Morgan fingerprint density at radius 3 is 2.28 bits per heavy atom. The molecule has 0 spiro atoms. The highest BCUT2D eigenvalue weighted by atomic mass is 32.1. The van der Waals surface area contributed by atoms with Crippen LogP contribution in [-0.4, -0.2) is 27.6 Å². The highest BCUT2D eigenvalue weighted by Crippen LogP contribution is 2.26. The maximum atomic E-state index is 13.1. The Bertz CT molecular complexity index is 1510. The standard InChI is InChI=1S/C26H23FN4O4S/c1-3-20(24(33)34)31-21-13-12-19(29-25(35)28-18-10-8-17(27)9-11-18)14-22(21)36-26(31)30-23(32)16-6-4-15(2)5-7-16/h4-14,20H,3H2,1-2H3,(H,33,34)(H2,28,29,35)/b30-26-. The fourth-order valence-corrected chi connectivity index (χ4v) is 4.75. The topological polar surface area (TPSA) is 113 Å². The molecule has 184 valence electrons. The molecule has 0 aliphatic rings. The van der Waals surface area contributed by atoms with Crippen molar-refractivity contribution < 1.29 is 23.9 Å². The highest BCUT2D eigenvalue weighted by molar-refractivity contribution is 7.16. The molecule has 0 bridgehead atoms. The molecule has 0 radical (unpaired) electrons. The van der Waals surface area contributed by atoms with E-state index >= 15 is 0 Å². The summed E-state index contributed by atoms with van der Waals surface area (Å²) >= 11 is 1.16. The molecular weight excluding hydrogens is 483 g/mol. The number of amides is 3. The van der Waals surface area contributed by atoms with Crippen molar-refractivity contribution >= 4 is 50.8 Å². The molecule has 1 heterocycles. The molecule has 1 atom stereocenters. The van der Waals surface area contributed by atoms with Crippen LogP contribution in [0.3, 0.4) is 0 Å².